The summed E-state index contributed by atoms with van der Waals surface area (Å²) in [5.74, 6) is 1.03. The first kappa shape index (κ1) is 18.7. The van der Waals surface area contributed by atoms with Gasteiger partial charge in [0.25, 0.3) is 0 Å². The highest BCUT2D eigenvalue weighted by Gasteiger charge is 2.27. The number of carbonyl (C=O) groups excluding carboxylic acids is 1. The Hall–Kier alpha value is -3.09. The number of alkyl halides is 2. The van der Waals surface area contributed by atoms with Gasteiger partial charge in [0.2, 0.25) is 0 Å². The van der Waals surface area contributed by atoms with E-state index in [9.17, 15) is 13.6 Å². The smallest absolute Gasteiger partial charge is 0.387 e. The monoisotopic (exact) mass is 376 g/mol. The van der Waals surface area contributed by atoms with Crippen LogP contribution in [0, 0.1) is 0 Å². The van der Waals surface area contributed by atoms with Crippen molar-refractivity contribution < 1.29 is 32.5 Å². The third-order valence-electron chi connectivity index (χ3n) is 4.27. The fourth-order valence-corrected chi connectivity index (χ4v) is 3.02. The molecule has 27 heavy (non-hydrogen) atoms. The van der Waals surface area contributed by atoms with Gasteiger partial charge in [-0.15, -0.1) is 0 Å². The first-order valence-corrected chi connectivity index (χ1v) is 8.09. The molecule has 1 aliphatic rings. The van der Waals surface area contributed by atoms with Crippen LogP contribution in [0.1, 0.15) is 21.5 Å². The van der Waals surface area contributed by atoms with Crippen molar-refractivity contribution in [3.63, 3.8) is 0 Å². The van der Waals surface area contributed by atoms with Gasteiger partial charge in [-0.25, -0.2) is 0 Å². The molecule has 0 bridgehead atoms. The molecule has 0 spiro atoms. The Morgan fingerprint density at radius 3 is 2.19 bits per heavy atom. The molecule has 142 valence electrons. The second-order valence-electron chi connectivity index (χ2n) is 5.83. The molecule has 7 heteroatoms. The minimum Gasteiger partial charge on any atom is -0.493 e. The van der Waals surface area contributed by atoms with Gasteiger partial charge in [-0.2, -0.15) is 8.78 Å². The fourth-order valence-electron chi connectivity index (χ4n) is 3.02. The first-order chi connectivity index (χ1) is 13.0. The molecule has 0 N–H and O–H groups in total. The quantitative estimate of drug-likeness (QED) is 0.710. The zero-order chi connectivity index (χ0) is 19.6. The van der Waals surface area contributed by atoms with Crippen molar-refractivity contribution in [2.24, 2.45) is 0 Å². The van der Waals surface area contributed by atoms with Gasteiger partial charge in [0.15, 0.2) is 28.8 Å². The van der Waals surface area contributed by atoms with Crippen molar-refractivity contribution in [1.29, 1.82) is 0 Å². The SMILES string of the molecule is COc1cc2c(cc1OC)C(=O)C(=Cc1ccc(OC(F)F)c(OC)c1)C2. The molecular formula is C20H18F2O5. The number of ketones is 1. The number of halogens is 2. The molecule has 0 saturated heterocycles. The van der Waals surface area contributed by atoms with Crippen LogP contribution in [-0.4, -0.2) is 33.7 Å². The van der Waals surface area contributed by atoms with Crippen molar-refractivity contribution in [2.75, 3.05) is 21.3 Å². The highest BCUT2D eigenvalue weighted by Crippen LogP contribution is 2.37. The Balaban J connectivity index is 1.93. The molecule has 0 atom stereocenters. The van der Waals surface area contributed by atoms with E-state index in [4.69, 9.17) is 14.2 Å². The Morgan fingerprint density at radius 2 is 1.56 bits per heavy atom. The van der Waals surface area contributed by atoms with E-state index in [1.807, 2.05) is 0 Å². The summed E-state index contributed by atoms with van der Waals surface area (Å²) in [6, 6.07) is 7.97. The average Bonchev–Trinajstić information content (AvgIpc) is 2.96. The number of fused-ring (bicyclic) bond motifs is 1. The highest BCUT2D eigenvalue weighted by atomic mass is 19.3. The number of carbonyl (C=O) groups is 1. The number of Topliss-reactive ketones (excluding diaryl/α,β-unsaturated/α-hetero) is 1. The molecule has 0 heterocycles. The number of hydrogen-bond acceptors (Lipinski definition) is 5. The molecule has 1 aliphatic carbocycles. The number of methoxy groups -OCH3 is 3. The Morgan fingerprint density at radius 1 is 0.926 bits per heavy atom. The van der Waals surface area contributed by atoms with Crippen LogP contribution in [0.5, 0.6) is 23.0 Å². The van der Waals surface area contributed by atoms with Crippen LogP contribution in [0.3, 0.4) is 0 Å². The average molecular weight is 376 g/mol. The van der Waals surface area contributed by atoms with Gasteiger partial charge in [-0.1, -0.05) is 6.07 Å². The molecule has 0 amide bonds. The van der Waals surface area contributed by atoms with E-state index < -0.39 is 6.61 Å². The summed E-state index contributed by atoms with van der Waals surface area (Å²) in [4.78, 5) is 12.7. The van der Waals surface area contributed by atoms with Crippen LogP contribution in [0.4, 0.5) is 8.78 Å². The number of ether oxygens (including phenoxy) is 4. The topological polar surface area (TPSA) is 54.0 Å². The molecule has 3 rings (SSSR count). The maximum atomic E-state index is 12.7. The maximum Gasteiger partial charge on any atom is 0.387 e. The molecule has 0 aromatic heterocycles. The molecule has 0 radical (unpaired) electrons. The maximum absolute atomic E-state index is 12.7. The van der Waals surface area contributed by atoms with Crippen molar-refractivity contribution in [1.82, 2.24) is 0 Å². The third kappa shape index (κ3) is 3.72. The van der Waals surface area contributed by atoms with Gasteiger partial charge in [0, 0.05) is 17.6 Å². The normalized spacial score (nSPS) is 14.4. The molecular weight excluding hydrogens is 358 g/mol. The highest BCUT2D eigenvalue weighted by molar-refractivity contribution is 6.16. The lowest BCUT2D eigenvalue weighted by molar-refractivity contribution is -0.0512. The number of benzene rings is 2. The van der Waals surface area contributed by atoms with Crippen molar-refractivity contribution >= 4 is 11.9 Å². The lowest BCUT2D eigenvalue weighted by Gasteiger charge is -2.10. The standard InChI is InChI=1S/C20H18F2O5/c1-24-16-7-11(4-5-15(16)27-20(21)22)6-13-8-12-9-17(25-2)18(26-3)10-14(12)19(13)23/h4-7,9-10,20H,8H2,1-3H3. The fraction of sp³-hybridized carbons (Fsp3) is 0.250. The summed E-state index contributed by atoms with van der Waals surface area (Å²) >= 11 is 0. The Bertz CT molecular complexity index is 905. The van der Waals surface area contributed by atoms with E-state index >= 15 is 0 Å². The van der Waals surface area contributed by atoms with Gasteiger partial charge < -0.3 is 18.9 Å². The number of allylic oxidation sites excluding steroid dienone is 1. The van der Waals surface area contributed by atoms with E-state index in [2.05, 4.69) is 4.74 Å². The minimum absolute atomic E-state index is 0.0647. The molecule has 0 unspecified atom stereocenters. The Labute approximate surface area is 155 Å². The van der Waals surface area contributed by atoms with Crippen LogP contribution in [-0.2, 0) is 6.42 Å². The predicted octanol–water partition coefficient (Wildman–Crippen LogP) is 4.14. The predicted molar refractivity (Wildman–Crippen MR) is 95.2 cm³/mol. The molecule has 0 saturated carbocycles. The summed E-state index contributed by atoms with van der Waals surface area (Å²) in [6.07, 6.45) is 2.14. The molecule has 0 aliphatic heterocycles. The van der Waals surface area contributed by atoms with E-state index in [0.717, 1.165) is 5.56 Å². The molecule has 2 aromatic rings. The molecule has 5 nitrogen and oxygen atoms in total. The minimum atomic E-state index is -2.95. The second kappa shape index (κ2) is 7.65. The molecule has 0 fully saturated rings. The van der Waals surface area contributed by atoms with Crippen molar-refractivity contribution in [3.8, 4) is 23.0 Å². The van der Waals surface area contributed by atoms with E-state index in [-0.39, 0.29) is 17.3 Å². The van der Waals surface area contributed by atoms with Crippen LogP contribution < -0.4 is 18.9 Å². The first-order valence-electron chi connectivity index (χ1n) is 8.09. The third-order valence-corrected chi connectivity index (χ3v) is 4.27. The van der Waals surface area contributed by atoms with E-state index in [1.54, 1.807) is 30.3 Å². The van der Waals surface area contributed by atoms with Gasteiger partial charge in [-0.3, -0.25) is 4.79 Å². The number of hydrogen-bond donors (Lipinski definition) is 0. The van der Waals surface area contributed by atoms with Gasteiger partial charge >= 0.3 is 6.61 Å². The van der Waals surface area contributed by atoms with Gasteiger partial charge in [-0.05, 0) is 41.5 Å². The summed E-state index contributed by atoms with van der Waals surface area (Å²) in [7, 11) is 4.41. The van der Waals surface area contributed by atoms with Crippen LogP contribution in [0.2, 0.25) is 0 Å². The van der Waals surface area contributed by atoms with Crippen LogP contribution in [0.25, 0.3) is 6.08 Å². The van der Waals surface area contributed by atoms with Crippen molar-refractivity contribution in [3.05, 3.63) is 52.6 Å². The largest absolute Gasteiger partial charge is 0.493 e. The summed E-state index contributed by atoms with van der Waals surface area (Å²) < 4.78 is 44.9. The lowest BCUT2D eigenvalue weighted by atomic mass is 10.1. The van der Waals surface area contributed by atoms with Crippen LogP contribution >= 0.6 is 0 Å². The summed E-state index contributed by atoms with van der Waals surface area (Å²) in [6.45, 7) is -2.95. The van der Waals surface area contributed by atoms with E-state index in [0.29, 0.717) is 34.6 Å². The van der Waals surface area contributed by atoms with Gasteiger partial charge in [0.1, 0.15) is 0 Å². The summed E-state index contributed by atoms with van der Waals surface area (Å²) in [5, 5.41) is 0. The Kier molecular flexibility index (Phi) is 5.30. The summed E-state index contributed by atoms with van der Waals surface area (Å²) in [5.41, 5.74) is 2.62. The van der Waals surface area contributed by atoms with Crippen LogP contribution in [0.15, 0.2) is 35.9 Å². The lowest BCUT2D eigenvalue weighted by Crippen LogP contribution is -2.03. The zero-order valence-corrected chi connectivity index (χ0v) is 15.0. The zero-order valence-electron chi connectivity index (χ0n) is 15.0. The number of rotatable bonds is 6. The van der Waals surface area contributed by atoms with Gasteiger partial charge in [0.05, 0.1) is 21.3 Å². The van der Waals surface area contributed by atoms with Crippen molar-refractivity contribution in [2.45, 2.75) is 13.0 Å². The van der Waals surface area contributed by atoms with E-state index in [1.165, 1.54) is 27.4 Å². The molecule has 2 aromatic carbocycles. The second-order valence-corrected chi connectivity index (χ2v) is 5.83.